The third-order valence-corrected chi connectivity index (χ3v) is 4.38. The van der Waals surface area contributed by atoms with Crippen molar-refractivity contribution in [1.29, 1.82) is 0 Å². The van der Waals surface area contributed by atoms with E-state index in [2.05, 4.69) is 15.2 Å². The Bertz CT molecular complexity index is 1060. The number of methoxy groups -OCH3 is 1. The largest absolute Gasteiger partial charge is 0.496 e. The maximum Gasteiger partial charge on any atom is 0.411 e. The number of rotatable bonds is 9. The average molecular weight is 470 g/mol. The molecule has 11 heteroatoms. The first-order valence-electron chi connectivity index (χ1n) is 9.27. The second kappa shape index (κ2) is 10.4. The van der Waals surface area contributed by atoms with Crippen LogP contribution in [0.25, 0.3) is 0 Å². The van der Waals surface area contributed by atoms with E-state index in [1.807, 2.05) is 0 Å². The molecule has 0 saturated carbocycles. The molecule has 7 nitrogen and oxygen atoms in total. The third-order valence-electron chi connectivity index (χ3n) is 4.13. The summed E-state index contributed by atoms with van der Waals surface area (Å²) in [5.41, 5.74) is 1.29. The van der Waals surface area contributed by atoms with Crippen LogP contribution in [0.15, 0.2) is 54.9 Å². The molecule has 32 heavy (non-hydrogen) atoms. The van der Waals surface area contributed by atoms with E-state index >= 15 is 0 Å². The standard InChI is InChI=1S/C21H19ClF3N3O4/c1-30-19-7-2-14(8-15(19)11-32-18-5-3-16(22)4-6-18)20(29)27-17-9-26-28(10-17)13-31-12-21(23,24)25/h2-10H,11-13H2,1H3,(H,27,29). The molecule has 0 radical (unpaired) electrons. The van der Waals surface area contributed by atoms with Gasteiger partial charge in [0.1, 0.15) is 31.4 Å². The lowest BCUT2D eigenvalue weighted by Crippen LogP contribution is -2.18. The molecule has 0 bridgehead atoms. The number of benzene rings is 2. The number of carbonyl (C=O) groups excluding carboxylic acids is 1. The zero-order valence-corrected chi connectivity index (χ0v) is 17.6. The Morgan fingerprint density at radius 3 is 2.62 bits per heavy atom. The van der Waals surface area contributed by atoms with E-state index in [0.29, 0.717) is 33.3 Å². The van der Waals surface area contributed by atoms with Crippen molar-refractivity contribution < 1.29 is 32.2 Å². The minimum Gasteiger partial charge on any atom is -0.496 e. The van der Waals surface area contributed by atoms with Gasteiger partial charge in [0.25, 0.3) is 5.91 Å². The Kier molecular flexibility index (Phi) is 7.60. The van der Waals surface area contributed by atoms with E-state index in [0.717, 1.165) is 4.68 Å². The molecule has 1 amide bonds. The highest BCUT2D eigenvalue weighted by molar-refractivity contribution is 6.30. The minimum absolute atomic E-state index is 0.153. The van der Waals surface area contributed by atoms with Gasteiger partial charge >= 0.3 is 6.18 Å². The third kappa shape index (κ3) is 6.89. The van der Waals surface area contributed by atoms with E-state index in [1.54, 1.807) is 42.5 Å². The lowest BCUT2D eigenvalue weighted by atomic mass is 10.1. The molecule has 1 heterocycles. The number of aromatic nitrogens is 2. The van der Waals surface area contributed by atoms with Crippen LogP contribution in [0.5, 0.6) is 11.5 Å². The molecule has 0 spiro atoms. The van der Waals surface area contributed by atoms with Gasteiger partial charge in [0.15, 0.2) is 0 Å². The highest BCUT2D eigenvalue weighted by atomic mass is 35.5. The van der Waals surface area contributed by atoms with Crippen molar-refractivity contribution in [3.05, 3.63) is 71.0 Å². The van der Waals surface area contributed by atoms with Crippen molar-refractivity contribution in [1.82, 2.24) is 9.78 Å². The maximum absolute atomic E-state index is 12.6. The smallest absolute Gasteiger partial charge is 0.411 e. The van der Waals surface area contributed by atoms with Crippen LogP contribution in [0.3, 0.4) is 0 Å². The minimum atomic E-state index is -4.42. The first kappa shape index (κ1) is 23.4. The Labute approximate surface area is 186 Å². The molecule has 1 N–H and O–H groups in total. The molecule has 0 aliphatic heterocycles. The highest BCUT2D eigenvalue weighted by Gasteiger charge is 2.27. The molecule has 0 atom stereocenters. The van der Waals surface area contributed by atoms with Crippen LogP contribution in [0.2, 0.25) is 5.02 Å². The summed E-state index contributed by atoms with van der Waals surface area (Å²) in [6, 6.07) is 11.7. The van der Waals surface area contributed by atoms with Gasteiger partial charge in [-0.1, -0.05) is 11.6 Å². The fourth-order valence-electron chi connectivity index (χ4n) is 2.68. The number of alkyl halides is 3. The summed E-state index contributed by atoms with van der Waals surface area (Å²) in [6.45, 7) is -1.63. The Balaban J connectivity index is 1.62. The lowest BCUT2D eigenvalue weighted by molar-refractivity contribution is -0.182. The predicted octanol–water partition coefficient (Wildman–Crippen LogP) is 4.91. The van der Waals surface area contributed by atoms with Gasteiger partial charge in [-0.15, -0.1) is 0 Å². The molecule has 1 aromatic heterocycles. The van der Waals surface area contributed by atoms with Crippen LogP contribution in [0.4, 0.5) is 18.9 Å². The van der Waals surface area contributed by atoms with E-state index in [9.17, 15) is 18.0 Å². The van der Waals surface area contributed by atoms with Crippen molar-refractivity contribution in [2.45, 2.75) is 19.5 Å². The molecular weight excluding hydrogens is 451 g/mol. The van der Waals surface area contributed by atoms with Gasteiger partial charge in [-0.25, -0.2) is 4.68 Å². The molecule has 0 fully saturated rings. The molecule has 2 aromatic carbocycles. The van der Waals surface area contributed by atoms with Crippen LogP contribution in [0, 0.1) is 0 Å². The molecule has 3 aromatic rings. The van der Waals surface area contributed by atoms with Crippen LogP contribution in [-0.4, -0.2) is 35.6 Å². The molecule has 3 rings (SSSR count). The molecule has 0 unspecified atom stereocenters. The van der Waals surface area contributed by atoms with Gasteiger partial charge in [0, 0.05) is 16.1 Å². The van der Waals surface area contributed by atoms with E-state index < -0.39 is 25.4 Å². The zero-order valence-electron chi connectivity index (χ0n) is 16.9. The summed E-state index contributed by atoms with van der Waals surface area (Å²) in [5.74, 6) is 0.716. The predicted molar refractivity (Wildman–Crippen MR) is 111 cm³/mol. The van der Waals surface area contributed by atoms with Crippen LogP contribution in [-0.2, 0) is 18.1 Å². The number of hydrogen-bond donors (Lipinski definition) is 1. The van der Waals surface area contributed by atoms with E-state index in [4.69, 9.17) is 21.1 Å². The molecule has 170 valence electrons. The van der Waals surface area contributed by atoms with Gasteiger partial charge in [0.2, 0.25) is 0 Å². The average Bonchev–Trinajstić information content (AvgIpc) is 3.19. The van der Waals surface area contributed by atoms with Gasteiger partial charge in [-0.2, -0.15) is 18.3 Å². The second-order valence-corrected chi connectivity index (χ2v) is 7.02. The number of amides is 1. The number of halogens is 4. The SMILES string of the molecule is COc1ccc(C(=O)Nc2cnn(COCC(F)(F)F)c2)cc1COc1ccc(Cl)cc1. The van der Waals surface area contributed by atoms with E-state index in [-0.39, 0.29) is 6.61 Å². The number of nitrogens with zero attached hydrogens (tertiary/aromatic N) is 2. The quantitative estimate of drug-likeness (QED) is 0.482. The van der Waals surface area contributed by atoms with Crippen molar-refractivity contribution in [3.63, 3.8) is 0 Å². The number of carbonyl (C=O) groups is 1. The molecular formula is C21H19ClF3N3O4. The van der Waals surface area contributed by atoms with Gasteiger partial charge in [-0.05, 0) is 42.5 Å². The summed E-state index contributed by atoms with van der Waals surface area (Å²) < 4.78 is 53.2. The zero-order chi connectivity index (χ0) is 23.1. The Hall–Kier alpha value is -3.24. The van der Waals surface area contributed by atoms with Crippen molar-refractivity contribution in [2.75, 3.05) is 19.0 Å². The van der Waals surface area contributed by atoms with Crippen molar-refractivity contribution in [2.24, 2.45) is 0 Å². The fraction of sp³-hybridized carbons (Fsp3) is 0.238. The van der Waals surface area contributed by atoms with Crippen molar-refractivity contribution >= 4 is 23.2 Å². The fourth-order valence-corrected chi connectivity index (χ4v) is 2.81. The summed E-state index contributed by atoms with van der Waals surface area (Å²) in [4.78, 5) is 12.6. The van der Waals surface area contributed by atoms with Gasteiger partial charge in [-0.3, -0.25) is 4.79 Å². The lowest BCUT2D eigenvalue weighted by Gasteiger charge is -2.12. The second-order valence-electron chi connectivity index (χ2n) is 6.58. The number of anilines is 1. The molecule has 0 aliphatic carbocycles. The number of hydrogen-bond acceptors (Lipinski definition) is 5. The van der Waals surface area contributed by atoms with Gasteiger partial charge < -0.3 is 19.5 Å². The summed E-state index contributed by atoms with van der Waals surface area (Å²) in [5, 5.41) is 7.08. The van der Waals surface area contributed by atoms with Crippen molar-refractivity contribution in [3.8, 4) is 11.5 Å². The summed E-state index contributed by atoms with van der Waals surface area (Å²) >= 11 is 5.87. The topological polar surface area (TPSA) is 74.6 Å². The molecule has 0 aliphatic rings. The monoisotopic (exact) mass is 469 g/mol. The summed E-state index contributed by atoms with van der Waals surface area (Å²) in [6.07, 6.45) is -1.75. The Morgan fingerprint density at radius 2 is 1.94 bits per heavy atom. The first-order valence-corrected chi connectivity index (χ1v) is 9.65. The number of ether oxygens (including phenoxy) is 3. The van der Waals surface area contributed by atoms with Gasteiger partial charge in [0.05, 0.1) is 25.2 Å². The van der Waals surface area contributed by atoms with Crippen LogP contribution >= 0.6 is 11.6 Å². The molecule has 0 saturated heterocycles. The maximum atomic E-state index is 12.6. The number of nitrogens with one attached hydrogen (secondary N) is 1. The van der Waals surface area contributed by atoms with E-state index in [1.165, 1.54) is 19.5 Å². The van der Waals surface area contributed by atoms with Crippen LogP contribution in [0.1, 0.15) is 15.9 Å². The highest BCUT2D eigenvalue weighted by Crippen LogP contribution is 2.24. The summed E-state index contributed by atoms with van der Waals surface area (Å²) in [7, 11) is 1.51. The Morgan fingerprint density at radius 1 is 1.19 bits per heavy atom. The first-order chi connectivity index (χ1) is 15.2. The van der Waals surface area contributed by atoms with Crippen LogP contribution < -0.4 is 14.8 Å². The normalized spacial score (nSPS) is 11.3.